The highest BCUT2D eigenvalue weighted by Gasteiger charge is 1.93. The van der Waals surface area contributed by atoms with E-state index in [4.69, 9.17) is 0 Å². The normalized spacial score (nSPS) is 11.5. The molecule has 0 atom stereocenters. The Hall–Kier alpha value is 0.0900. The minimum absolute atomic E-state index is 1.22. The van der Waals surface area contributed by atoms with Crippen LogP contribution in [0.3, 0.4) is 0 Å². The fourth-order valence-electron chi connectivity index (χ4n) is 2.41. The smallest absolute Gasteiger partial charge is 0.0162 e. The Morgan fingerprint density at radius 3 is 1.53 bits per heavy atom. The Balaban J connectivity index is 2.93. The first-order valence-corrected chi connectivity index (χ1v) is 9.74. The maximum Gasteiger partial charge on any atom is 0.0162 e. The molecule has 0 aliphatic carbocycles. The summed E-state index contributed by atoms with van der Waals surface area (Å²) >= 11 is 1.68. The quantitative estimate of drug-likeness (QED) is 0.288. The second-order valence-corrected chi connectivity index (χ2v) is 6.20. The first-order chi connectivity index (χ1) is 9.41. The van der Waals surface area contributed by atoms with Gasteiger partial charge in [-0.3, -0.25) is 0 Å². The lowest BCUT2D eigenvalue weighted by Gasteiger charge is -2.02. The minimum Gasteiger partial charge on any atom is -0.129 e. The highest BCUT2D eigenvalue weighted by atomic mass is 32.2. The molecule has 0 spiro atoms. The average molecular weight is 284 g/mol. The summed E-state index contributed by atoms with van der Waals surface area (Å²) in [5, 5.41) is 3.18. The zero-order chi connectivity index (χ0) is 14.0. The zero-order valence-electron chi connectivity index (χ0n) is 13.4. The van der Waals surface area contributed by atoms with Crippen LogP contribution in [0.5, 0.6) is 0 Å². The summed E-state index contributed by atoms with van der Waals surface area (Å²) in [6.45, 7) is 2.29. The van der Waals surface area contributed by atoms with Gasteiger partial charge in [-0.05, 0) is 19.1 Å². The van der Waals surface area contributed by atoms with Crippen LogP contribution >= 0.6 is 11.8 Å². The molecule has 0 saturated heterocycles. The lowest BCUT2D eigenvalue weighted by atomic mass is 10.0. The molecular weight excluding hydrogens is 248 g/mol. The molecule has 0 amide bonds. The van der Waals surface area contributed by atoms with Crippen molar-refractivity contribution in [3.63, 3.8) is 0 Å². The molecule has 0 heterocycles. The van der Waals surface area contributed by atoms with Crippen molar-refractivity contribution in [3.05, 3.63) is 11.5 Å². The number of hydrogen-bond acceptors (Lipinski definition) is 1. The van der Waals surface area contributed by atoms with Gasteiger partial charge < -0.3 is 0 Å². The van der Waals surface area contributed by atoms with Crippen molar-refractivity contribution in [3.8, 4) is 0 Å². The molecule has 1 radical (unpaired) electrons. The van der Waals surface area contributed by atoms with Crippen molar-refractivity contribution in [2.75, 3.05) is 6.26 Å². The van der Waals surface area contributed by atoms with Crippen molar-refractivity contribution < 1.29 is 0 Å². The van der Waals surface area contributed by atoms with Gasteiger partial charge in [0.15, 0.2) is 0 Å². The molecule has 0 aromatic rings. The molecule has 0 rings (SSSR count). The summed E-state index contributed by atoms with van der Waals surface area (Å²) in [5.41, 5.74) is 0. The van der Waals surface area contributed by atoms with E-state index in [9.17, 15) is 0 Å². The second-order valence-electron chi connectivity index (χ2n) is 5.56. The van der Waals surface area contributed by atoms with Gasteiger partial charge in [-0.2, -0.15) is 0 Å². The monoisotopic (exact) mass is 283 g/mol. The Bertz CT molecular complexity index is 175. The van der Waals surface area contributed by atoms with Crippen molar-refractivity contribution in [2.45, 2.75) is 96.8 Å². The van der Waals surface area contributed by atoms with Crippen molar-refractivity contribution in [2.24, 2.45) is 0 Å². The fraction of sp³-hybridized carbons (Fsp3) is 0.889. The van der Waals surface area contributed by atoms with Gasteiger partial charge in [-0.1, -0.05) is 90.0 Å². The Morgan fingerprint density at radius 1 is 0.684 bits per heavy atom. The average Bonchev–Trinajstić information content (AvgIpc) is 2.43. The third kappa shape index (κ3) is 18.1. The van der Waals surface area contributed by atoms with Crippen LogP contribution in [0.1, 0.15) is 96.8 Å². The Morgan fingerprint density at radius 2 is 1.11 bits per heavy atom. The largest absolute Gasteiger partial charge is 0.129 e. The first kappa shape index (κ1) is 19.1. The molecule has 0 aliphatic heterocycles. The Labute approximate surface area is 126 Å². The number of rotatable bonds is 15. The maximum atomic E-state index is 3.18. The highest BCUT2D eigenvalue weighted by molar-refractivity contribution is 8.00. The van der Waals surface area contributed by atoms with Crippen LogP contribution < -0.4 is 0 Å². The van der Waals surface area contributed by atoms with Gasteiger partial charge >= 0.3 is 0 Å². The molecule has 0 fully saturated rings. The molecule has 1 heteroatoms. The third-order valence-electron chi connectivity index (χ3n) is 3.65. The van der Waals surface area contributed by atoms with Gasteiger partial charge in [0.25, 0.3) is 0 Å². The molecule has 0 unspecified atom stereocenters. The van der Waals surface area contributed by atoms with E-state index >= 15 is 0 Å². The van der Waals surface area contributed by atoms with Gasteiger partial charge in [-0.25, -0.2) is 0 Å². The van der Waals surface area contributed by atoms with Crippen LogP contribution in [-0.4, -0.2) is 6.26 Å². The predicted octanol–water partition coefficient (Wildman–Crippen LogP) is 7.15. The molecule has 0 saturated carbocycles. The molecule has 0 N–H and O–H groups in total. The van der Waals surface area contributed by atoms with Gasteiger partial charge in [0, 0.05) is 5.41 Å². The molecule has 0 aromatic carbocycles. The van der Waals surface area contributed by atoms with Crippen LogP contribution in [0, 0.1) is 5.41 Å². The fourth-order valence-corrected chi connectivity index (χ4v) is 2.69. The minimum atomic E-state index is 1.22. The van der Waals surface area contributed by atoms with Crippen molar-refractivity contribution in [1.29, 1.82) is 0 Å². The van der Waals surface area contributed by atoms with E-state index in [0.29, 0.717) is 0 Å². The van der Waals surface area contributed by atoms with Crippen molar-refractivity contribution >= 4 is 11.8 Å². The summed E-state index contributed by atoms with van der Waals surface area (Å²) in [6.07, 6.45) is 24.2. The Kier molecular flexibility index (Phi) is 18.2. The summed E-state index contributed by atoms with van der Waals surface area (Å²) in [4.78, 5) is 0. The predicted molar refractivity (Wildman–Crippen MR) is 91.6 cm³/mol. The lowest BCUT2D eigenvalue weighted by Crippen LogP contribution is -1.82. The topological polar surface area (TPSA) is 0 Å². The summed E-state index contributed by atoms with van der Waals surface area (Å²) in [6, 6.07) is 0. The maximum absolute atomic E-state index is 3.18. The standard InChI is InChI=1S/C18H35S/c1-3-4-5-6-7-8-9-10-11-12-13-14-15-16-17-18-19-2/h17H,3-16H2,1-2H3. The van der Waals surface area contributed by atoms with Crippen LogP contribution in [0.25, 0.3) is 0 Å². The molecule has 0 bridgehead atoms. The summed E-state index contributed by atoms with van der Waals surface area (Å²) in [7, 11) is 0. The second kappa shape index (κ2) is 18.1. The first-order valence-electron chi connectivity index (χ1n) is 8.52. The lowest BCUT2D eigenvalue weighted by molar-refractivity contribution is 0.540. The van der Waals surface area contributed by atoms with Gasteiger partial charge in [0.1, 0.15) is 0 Å². The van der Waals surface area contributed by atoms with Crippen LogP contribution in [0.4, 0.5) is 0 Å². The van der Waals surface area contributed by atoms with E-state index in [-0.39, 0.29) is 0 Å². The van der Waals surface area contributed by atoms with E-state index in [2.05, 4.69) is 24.7 Å². The number of hydrogen-bond donors (Lipinski definition) is 0. The molecule has 0 aliphatic rings. The van der Waals surface area contributed by atoms with E-state index in [1.807, 2.05) is 0 Å². The third-order valence-corrected chi connectivity index (χ3v) is 4.06. The number of allylic oxidation sites excluding steroid dienone is 1. The molecule has 113 valence electrons. The van der Waals surface area contributed by atoms with E-state index in [0.717, 1.165) is 0 Å². The summed E-state index contributed by atoms with van der Waals surface area (Å²) in [5.74, 6) is 0. The van der Waals surface area contributed by atoms with Gasteiger partial charge in [0.2, 0.25) is 0 Å². The molecule has 0 aromatic heterocycles. The van der Waals surface area contributed by atoms with Gasteiger partial charge in [0.05, 0.1) is 0 Å². The van der Waals surface area contributed by atoms with Gasteiger partial charge in [-0.15, -0.1) is 11.8 Å². The zero-order valence-corrected chi connectivity index (χ0v) is 14.2. The highest BCUT2D eigenvalue weighted by Crippen LogP contribution is 2.13. The van der Waals surface area contributed by atoms with E-state index in [1.165, 1.54) is 89.9 Å². The van der Waals surface area contributed by atoms with Crippen LogP contribution in [0.2, 0.25) is 0 Å². The van der Waals surface area contributed by atoms with Crippen LogP contribution in [-0.2, 0) is 0 Å². The molecular formula is C18H35S. The van der Waals surface area contributed by atoms with E-state index in [1.54, 1.807) is 11.8 Å². The van der Waals surface area contributed by atoms with E-state index < -0.39 is 0 Å². The van der Waals surface area contributed by atoms with Crippen molar-refractivity contribution in [1.82, 2.24) is 0 Å². The number of thioether (sulfide) groups is 1. The summed E-state index contributed by atoms with van der Waals surface area (Å²) < 4.78 is 0. The van der Waals surface area contributed by atoms with Crippen LogP contribution in [0.15, 0.2) is 6.08 Å². The molecule has 0 nitrogen and oxygen atoms in total. The number of unbranched alkanes of at least 4 members (excludes halogenated alkanes) is 13. The molecule has 19 heavy (non-hydrogen) atoms. The SMILES string of the molecule is CCCCCCCCCCCCCCC/C=[C]\SC.